The van der Waals surface area contributed by atoms with Gasteiger partial charge < -0.3 is 20.5 Å². The summed E-state index contributed by atoms with van der Waals surface area (Å²) in [7, 11) is 0. The summed E-state index contributed by atoms with van der Waals surface area (Å²) in [6, 6.07) is 16.2. The van der Waals surface area contributed by atoms with Crippen LogP contribution in [0.2, 0.25) is 0 Å². The van der Waals surface area contributed by atoms with Crippen LogP contribution in [0, 0.1) is 0 Å². The Morgan fingerprint density at radius 1 is 0.844 bits per heavy atom. The number of aliphatic carboxylic acids is 1. The van der Waals surface area contributed by atoms with E-state index in [-0.39, 0.29) is 12.5 Å². The quantitative estimate of drug-likeness (QED) is 0.645. The Hall–Kier alpha value is -3.35. The van der Waals surface area contributed by atoms with E-state index in [2.05, 4.69) is 22.8 Å². The van der Waals surface area contributed by atoms with E-state index >= 15 is 0 Å². The number of ether oxygens (including phenoxy) is 1. The summed E-state index contributed by atoms with van der Waals surface area (Å²) in [6.45, 7) is 0.163. The molecule has 0 saturated heterocycles. The first kappa shape index (κ1) is 20.5. The molecule has 32 heavy (non-hydrogen) atoms. The number of amides is 2. The Labute approximate surface area is 186 Å². The summed E-state index contributed by atoms with van der Waals surface area (Å²) in [5, 5.41) is 14.9. The minimum atomic E-state index is -1.18. The van der Waals surface area contributed by atoms with Crippen molar-refractivity contribution in [3.63, 3.8) is 0 Å². The van der Waals surface area contributed by atoms with Gasteiger partial charge in [-0.25, -0.2) is 9.59 Å². The molecular formula is C25H26N2O5. The van der Waals surface area contributed by atoms with Gasteiger partial charge in [-0.3, -0.25) is 4.79 Å². The van der Waals surface area contributed by atoms with Crippen molar-refractivity contribution in [2.24, 2.45) is 0 Å². The van der Waals surface area contributed by atoms with Gasteiger partial charge in [0.1, 0.15) is 17.7 Å². The first-order valence-corrected chi connectivity index (χ1v) is 11.1. The Balaban J connectivity index is 1.28. The van der Waals surface area contributed by atoms with Crippen molar-refractivity contribution in [3.05, 3.63) is 59.7 Å². The molecule has 2 aromatic carbocycles. The highest BCUT2D eigenvalue weighted by Crippen LogP contribution is 2.44. The second-order valence-electron chi connectivity index (χ2n) is 9.08. The molecule has 0 unspecified atom stereocenters. The van der Waals surface area contributed by atoms with Crippen molar-refractivity contribution in [2.45, 2.75) is 55.5 Å². The Kier molecular flexibility index (Phi) is 4.92. The minimum absolute atomic E-state index is 0.0664. The van der Waals surface area contributed by atoms with Crippen LogP contribution in [0.25, 0.3) is 11.1 Å². The normalized spacial score (nSPS) is 19.5. The summed E-state index contributed by atoms with van der Waals surface area (Å²) in [5.74, 6) is -1.52. The number of hydrogen-bond donors (Lipinski definition) is 3. The van der Waals surface area contributed by atoms with Crippen molar-refractivity contribution in [3.8, 4) is 11.1 Å². The molecule has 0 spiro atoms. The number of carboxylic acids is 1. The monoisotopic (exact) mass is 434 g/mol. The number of benzene rings is 2. The van der Waals surface area contributed by atoms with Gasteiger partial charge in [0.2, 0.25) is 5.91 Å². The fourth-order valence-corrected chi connectivity index (χ4v) is 5.07. The summed E-state index contributed by atoms with van der Waals surface area (Å²) in [5.41, 5.74) is 2.22. The fraction of sp³-hybridized carbons (Fsp3) is 0.400. The standard InChI is InChI=1S/C25H26N2O5/c28-21(26-25(13-14-25)22(29)30)24(11-5-6-12-24)27-23(31)32-15-20-18-9-3-1-7-16(18)17-8-2-4-10-19(17)20/h1-4,7-10,20H,5-6,11-15H2,(H,26,28)(H,27,31)(H,29,30). The number of carboxylic acid groups (broad SMARTS) is 1. The Morgan fingerprint density at radius 2 is 1.41 bits per heavy atom. The maximum absolute atomic E-state index is 13.0. The summed E-state index contributed by atoms with van der Waals surface area (Å²) < 4.78 is 5.62. The third-order valence-electron chi connectivity index (χ3n) is 7.09. The van der Waals surface area contributed by atoms with Crippen LogP contribution in [0.4, 0.5) is 4.79 Å². The average Bonchev–Trinajstić information content (AvgIpc) is 3.30. The van der Waals surface area contributed by atoms with E-state index < -0.39 is 29.0 Å². The zero-order valence-corrected chi connectivity index (χ0v) is 17.7. The second-order valence-corrected chi connectivity index (χ2v) is 9.08. The molecule has 3 aliphatic carbocycles. The number of fused-ring (bicyclic) bond motifs is 3. The van der Waals surface area contributed by atoms with Crippen LogP contribution in [0.15, 0.2) is 48.5 Å². The summed E-state index contributed by atoms with van der Waals surface area (Å²) >= 11 is 0. The number of hydrogen-bond acceptors (Lipinski definition) is 4. The smallest absolute Gasteiger partial charge is 0.408 e. The van der Waals surface area contributed by atoms with Crippen LogP contribution in [0.3, 0.4) is 0 Å². The molecule has 0 aromatic heterocycles. The molecule has 0 radical (unpaired) electrons. The van der Waals surface area contributed by atoms with Crippen molar-refractivity contribution in [1.82, 2.24) is 10.6 Å². The highest BCUT2D eigenvalue weighted by Gasteiger charge is 2.55. The molecular weight excluding hydrogens is 408 g/mol. The fourth-order valence-electron chi connectivity index (χ4n) is 5.07. The van der Waals surface area contributed by atoms with Crippen LogP contribution in [0.1, 0.15) is 55.6 Å². The number of rotatable bonds is 6. The summed E-state index contributed by atoms with van der Waals surface area (Å²) in [4.78, 5) is 37.3. The zero-order valence-electron chi connectivity index (χ0n) is 17.7. The molecule has 0 atom stereocenters. The van der Waals surface area contributed by atoms with Crippen molar-refractivity contribution in [2.75, 3.05) is 6.61 Å². The van der Waals surface area contributed by atoms with Gasteiger partial charge >= 0.3 is 12.1 Å². The number of nitrogens with one attached hydrogen (secondary N) is 2. The first-order chi connectivity index (χ1) is 15.4. The van der Waals surface area contributed by atoms with Gasteiger partial charge in [-0.05, 0) is 47.9 Å². The molecule has 2 fully saturated rings. The molecule has 0 aliphatic heterocycles. The number of carbonyl (C=O) groups is 3. The van der Waals surface area contributed by atoms with Gasteiger partial charge in [0.25, 0.3) is 0 Å². The average molecular weight is 434 g/mol. The number of alkyl carbamates (subject to hydrolysis) is 1. The highest BCUT2D eigenvalue weighted by atomic mass is 16.5. The third-order valence-corrected chi connectivity index (χ3v) is 7.09. The van der Waals surface area contributed by atoms with Crippen molar-refractivity contribution >= 4 is 18.0 Å². The Morgan fingerprint density at radius 3 is 1.94 bits per heavy atom. The molecule has 2 saturated carbocycles. The van der Waals surface area contributed by atoms with E-state index in [9.17, 15) is 19.5 Å². The van der Waals surface area contributed by atoms with E-state index in [1.165, 1.54) is 0 Å². The van der Waals surface area contributed by atoms with Crippen molar-refractivity contribution < 1.29 is 24.2 Å². The van der Waals surface area contributed by atoms with Crippen molar-refractivity contribution in [1.29, 1.82) is 0 Å². The molecule has 2 aromatic rings. The lowest BCUT2D eigenvalue weighted by atomic mass is 9.95. The van der Waals surface area contributed by atoms with Crippen LogP contribution in [-0.2, 0) is 14.3 Å². The molecule has 3 aliphatic rings. The van der Waals surface area contributed by atoms with E-state index in [0.717, 1.165) is 35.1 Å². The molecule has 0 heterocycles. The van der Waals surface area contributed by atoms with Gasteiger partial charge in [0, 0.05) is 5.92 Å². The third kappa shape index (κ3) is 3.42. The lowest BCUT2D eigenvalue weighted by molar-refractivity contribution is -0.144. The summed E-state index contributed by atoms with van der Waals surface area (Å²) in [6.07, 6.45) is 2.69. The molecule has 3 N–H and O–H groups in total. The van der Waals surface area contributed by atoms with Gasteiger partial charge in [-0.2, -0.15) is 0 Å². The highest BCUT2D eigenvalue weighted by molar-refractivity contribution is 5.95. The topological polar surface area (TPSA) is 105 Å². The van der Waals surface area contributed by atoms with E-state index in [0.29, 0.717) is 25.7 Å². The second kappa shape index (κ2) is 7.65. The van der Waals surface area contributed by atoms with Gasteiger partial charge in [-0.15, -0.1) is 0 Å². The number of carbonyl (C=O) groups excluding carboxylic acids is 2. The predicted molar refractivity (Wildman–Crippen MR) is 117 cm³/mol. The first-order valence-electron chi connectivity index (χ1n) is 11.1. The molecule has 2 amide bonds. The van der Waals surface area contributed by atoms with E-state index in [1.807, 2.05) is 36.4 Å². The van der Waals surface area contributed by atoms with E-state index in [1.54, 1.807) is 0 Å². The maximum atomic E-state index is 13.0. The van der Waals surface area contributed by atoms with Crippen LogP contribution >= 0.6 is 0 Å². The lowest BCUT2D eigenvalue weighted by Crippen LogP contribution is -2.60. The van der Waals surface area contributed by atoms with Gasteiger partial charge in [0.05, 0.1) is 0 Å². The molecule has 0 bridgehead atoms. The SMILES string of the molecule is O=C(NC1(C(=O)NC2(C(=O)O)CC2)CCCC1)OCC1c2ccccc2-c2ccccc21. The largest absolute Gasteiger partial charge is 0.480 e. The maximum Gasteiger partial charge on any atom is 0.408 e. The predicted octanol–water partition coefficient (Wildman–Crippen LogP) is 3.57. The van der Waals surface area contributed by atoms with Crippen LogP contribution in [0.5, 0.6) is 0 Å². The Bertz CT molecular complexity index is 1040. The van der Waals surface area contributed by atoms with Gasteiger partial charge in [0.15, 0.2) is 0 Å². The molecule has 7 heteroatoms. The van der Waals surface area contributed by atoms with Crippen LogP contribution < -0.4 is 10.6 Å². The van der Waals surface area contributed by atoms with E-state index in [4.69, 9.17) is 4.74 Å². The molecule has 5 rings (SSSR count). The van der Waals surface area contributed by atoms with Crippen LogP contribution in [-0.4, -0.2) is 40.8 Å². The van der Waals surface area contributed by atoms with Gasteiger partial charge in [-0.1, -0.05) is 61.4 Å². The molecule has 7 nitrogen and oxygen atoms in total. The molecule has 166 valence electrons. The zero-order chi connectivity index (χ0) is 22.3. The minimum Gasteiger partial charge on any atom is -0.480 e. The lowest BCUT2D eigenvalue weighted by Gasteiger charge is -2.30.